The van der Waals surface area contributed by atoms with Crippen molar-refractivity contribution in [3.63, 3.8) is 0 Å². The third-order valence-electron chi connectivity index (χ3n) is 12.2. The molecule has 0 saturated heterocycles. The molecule has 0 nitrogen and oxygen atoms in total. The van der Waals surface area contributed by atoms with Crippen LogP contribution in [0.3, 0.4) is 0 Å². The van der Waals surface area contributed by atoms with Gasteiger partial charge in [0, 0.05) is 5.41 Å². The summed E-state index contributed by atoms with van der Waals surface area (Å²) in [5, 5.41) is 10.3. The van der Waals surface area contributed by atoms with Crippen molar-refractivity contribution in [3.05, 3.63) is 205 Å². The Labute approximate surface area is 322 Å². The minimum atomic E-state index is -0.109. The second kappa shape index (κ2) is 12.1. The molecule has 0 bridgehead atoms. The molecule has 0 unspecified atom stereocenters. The van der Waals surface area contributed by atoms with Crippen LogP contribution in [0.1, 0.15) is 25.0 Å². The Morgan fingerprint density at radius 1 is 0.309 bits per heavy atom. The lowest BCUT2D eigenvalue weighted by Gasteiger charge is -2.23. The van der Waals surface area contributed by atoms with E-state index in [0.717, 1.165) is 0 Å². The highest BCUT2D eigenvalue weighted by Gasteiger charge is 2.37. The first-order valence-corrected chi connectivity index (χ1v) is 19.4. The molecule has 1 aliphatic rings. The summed E-state index contributed by atoms with van der Waals surface area (Å²) < 4.78 is 0. The average Bonchev–Trinajstić information content (AvgIpc) is 3.48. The van der Waals surface area contributed by atoms with E-state index in [1.54, 1.807) is 0 Å². The van der Waals surface area contributed by atoms with E-state index in [2.05, 4.69) is 208 Å². The van der Waals surface area contributed by atoms with Gasteiger partial charge in [-0.25, -0.2) is 0 Å². The van der Waals surface area contributed by atoms with Crippen LogP contribution in [-0.4, -0.2) is 0 Å². The van der Waals surface area contributed by atoms with Crippen LogP contribution in [0.25, 0.3) is 98.7 Å². The minimum absolute atomic E-state index is 0.109. The van der Waals surface area contributed by atoms with E-state index < -0.39 is 0 Å². The van der Waals surface area contributed by atoms with Gasteiger partial charge < -0.3 is 0 Å². The van der Waals surface area contributed by atoms with E-state index in [0.29, 0.717) is 0 Å². The number of hydrogen-bond donors (Lipinski definition) is 0. The van der Waals surface area contributed by atoms with Gasteiger partial charge in [0.1, 0.15) is 0 Å². The van der Waals surface area contributed by atoms with Gasteiger partial charge in [-0.05, 0) is 122 Å². The molecule has 0 radical (unpaired) electrons. The van der Waals surface area contributed by atoms with Crippen molar-refractivity contribution < 1.29 is 0 Å². The predicted molar refractivity (Wildman–Crippen MR) is 236 cm³/mol. The quantitative estimate of drug-likeness (QED) is 0.127. The first kappa shape index (κ1) is 31.7. The second-order valence-electron chi connectivity index (χ2n) is 15.6. The van der Waals surface area contributed by atoms with Crippen LogP contribution < -0.4 is 0 Å². The maximum Gasteiger partial charge on any atom is 0.0165 e. The maximum absolute atomic E-state index is 2.45. The first-order chi connectivity index (χ1) is 27.1. The van der Waals surface area contributed by atoms with Crippen molar-refractivity contribution in [2.24, 2.45) is 0 Å². The number of hydrogen-bond acceptors (Lipinski definition) is 0. The van der Waals surface area contributed by atoms with Crippen molar-refractivity contribution in [1.82, 2.24) is 0 Å². The lowest BCUT2D eigenvalue weighted by Crippen LogP contribution is -2.15. The maximum atomic E-state index is 2.45. The summed E-state index contributed by atoms with van der Waals surface area (Å²) in [5.74, 6) is 0. The molecule has 0 fully saturated rings. The minimum Gasteiger partial charge on any atom is -0.0622 e. The summed E-state index contributed by atoms with van der Waals surface area (Å²) in [7, 11) is 0. The van der Waals surface area contributed by atoms with Gasteiger partial charge in [-0.15, -0.1) is 0 Å². The summed E-state index contributed by atoms with van der Waals surface area (Å²) >= 11 is 0. The molecule has 0 spiro atoms. The highest BCUT2D eigenvalue weighted by molar-refractivity contribution is 6.28. The molecule has 0 aromatic heterocycles. The van der Waals surface area contributed by atoms with E-state index >= 15 is 0 Å². The number of rotatable bonds is 4. The Morgan fingerprint density at radius 2 is 0.873 bits per heavy atom. The Kier molecular flexibility index (Phi) is 7.00. The zero-order valence-corrected chi connectivity index (χ0v) is 31.0. The molecule has 0 heteroatoms. The SMILES string of the molecule is CC1(C)c2cc(-c3cccc(-c4ccccc4-c4c5ccccc5c(-c5ccccc5)c5ccc6ccccc6c45)c3)ccc2-c2ccc3ccccc3c21. The van der Waals surface area contributed by atoms with Crippen LogP contribution >= 0.6 is 0 Å². The molecule has 0 N–H and O–H groups in total. The third-order valence-corrected chi connectivity index (χ3v) is 12.2. The fraction of sp³-hybridized carbons (Fsp3) is 0.0545. The van der Waals surface area contributed by atoms with Crippen LogP contribution in [0.15, 0.2) is 194 Å². The lowest BCUT2D eigenvalue weighted by atomic mass is 9.79. The topological polar surface area (TPSA) is 0 Å². The summed E-state index contributed by atoms with van der Waals surface area (Å²) in [5.41, 5.74) is 15.4. The Bertz CT molecular complexity index is 3160. The van der Waals surface area contributed by atoms with Gasteiger partial charge in [0.2, 0.25) is 0 Å². The van der Waals surface area contributed by atoms with E-state index in [9.17, 15) is 0 Å². The molecule has 1 aliphatic carbocycles. The standard InChI is InChI=1S/C55H38/c1-55(2)50-34-39(29-30-44(50)48-31-27-36-16-7-9-23-43(36)54(48)55)38-19-14-20-40(33-38)41-21-10-11-24-45(41)53-47-26-13-12-25-46(47)51(37-17-4-3-5-18-37)49-32-28-35-15-6-8-22-42(35)52(49)53/h3-34H,1-2H3. The van der Waals surface area contributed by atoms with Crippen molar-refractivity contribution in [2.45, 2.75) is 19.3 Å². The Morgan fingerprint density at radius 3 is 1.67 bits per heavy atom. The summed E-state index contributed by atoms with van der Waals surface area (Å²) in [4.78, 5) is 0. The van der Waals surface area contributed by atoms with Gasteiger partial charge in [0.25, 0.3) is 0 Å². The molecular formula is C55H38. The molecule has 0 heterocycles. The largest absolute Gasteiger partial charge is 0.0622 e. The van der Waals surface area contributed by atoms with Gasteiger partial charge in [-0.3, -0.25) is 0 Å². The summed E-state index contributed by atoms with van der Waals surface area (Å²) in [6.45, 7) is 4.78. The molecule has 0 aliphatic heterocycles. The number of benzene rings is 10. The lowest BCUT2D eigenvalue weighted by molar-refractivity contribution is 0.666. The molecule has 258 valence electrons. The van der Waals surface area contributed by atoms with Crippen LogP contribution in [0.2, 0.25) is 0 Å². The molecule has 11 rings (SSSR count). The van der Waals surface area contributed by atoms with Gasteiger partial charge in [-0.2, -0.15) is 0 Å². The summed E-state index contributed by atoms with van der Waals surface area (Å²) in [6, 6.07) is 72.1. The van der Waals surface area contributed by atoms with Crippen LogP contribution in [0, 0.1) is 0 Å². The zero-order valence-electron chi connectivity index (χ0n) is 31.0. The van der Waals surface area contributed by atoms with Crippen molar-refractivity contribution >= 4 is 43.1 Å². The normalized spacial score (nSPS) is 13.1. The second-order valence-corrected chi connectivity index (χ2v) is 15.6. The van der Waals surface area contributed by atoms with Gasteiger partial charge in [0.15, 0.2) is 0 Å². The van der Waals surface area contributed by atoms with Crippen molar-refractivity contribution in [2.75, 3.05) is 0 Å². The molecule has 0 saturated carbocycles. The van der Waals surface area contributed by atoms with Crippen LogP contribution in [0.5, 0.6) is 0 Å². The molecule has 55 heavy (non-hydrogen) atoms. The Hall–Kier alpha value is -6.76. The van der Waals surface area contributed by atoms with Gasteiger partial charge in [-0.1, -0.05) is 196 Å². The first-order valence-electron chi connectivity index (χ1n) is 19.4. The molecule has 10 aromatic rings. The van der Waals surface area contributed by atoms with Crippen LogP contribution in [-0.2, 0) is 5.41 Å². The monoisotopic (exact) mass is 698 g/mol. The van der Waals surface area contributed by atoms with Crippen molar-refractivity contribution in [3.8, 4) is 55.6 Å². The highest BCUT2D eigenvalue weighted by atomic mass is 14.4. The third kappa shape index (κ3) is 4.78. The van der Waals surface area contributed by atoms with Gasteiger partial charge >= 0.3 is 0 Å². The van der Waals surface area contributed by atoms with E-state index in [1.807, 2.05) is 0 Å². The fourth-order valence-electron chi connectivity index (χ4n) is 9.74. The van der Waals surface area contributed by atoms with Gasteiger partial charge in [0.05, 0.1) is 0 Å². The fourth-order valence-corrected chi connectivity index (χ4v) is 9.74. The van der Waals surface area contributed by atoms with E-state index in [1.165, 1.54) is 110 Å². The number of fused-ring (bicyclic) bond motifs is 9. The molecule has 10 aromatic carbocycles. The molecule has 0 amide bonds. The predicted octanol–water partition coefficient (Wildman–Crippen LogP) is 15.3. The van der Waals surface area contributed by atoms with E-state index in [-0.39, 0.29) is 5.41 Å². The summed E-state index contributed by atoms with van der Waals surface area (Å²) in [6.07, 6.45) is 0. The Balaban J connectivity index is 1.12. The van der Waals surface area contributed by atoms with Crippen LogP contribution in [0.4, 0.5) is 0 Å². The average molecular weight is 699 g/mol. The van der Waals surface area contributed by atoms with Crippen molar-refractivity contribution in [1.29, 1.82) is 0 Å². The zero-order chi connectivity index (χ0) is 36.7. The smallest absolute Gasteiger partial charge is 0.0165 e. The molecular weight excluding hydrogens is 661 g/mol. The van der Waals surface area contributed by atoms with E-state index in [4.69, 9.17) is 0 Å². The molecule has 0 atom stereocenters. The highest BCUT2D eigenvalue weighted by Crippen LogP contribution is 2.53.